The molecule has 4 aliphatic rings. The first-order chi connectivity index (χ1) is 10.0. The number of hydrogen-bond acceptors (Lipinski definition) is 1. The lowest BCUT2D eigenvalue weighted by Crippen LogP contribution is -2.50. The molecule has 0 heterocycles. The molecule has 4 rings (SSSR count). The van der Waals surface area contributed by atoms with Gasteiger partial charge in [-0.15, -0.1) is 0 Å². The zero-order valence-electron chi connectivity index (χ0n) is 13.7. The van der Waals surface area contributed by atoms with Crippen molar-refractivity contribution in [2.75, 3.05) is 0 Å². The number of allylic oxidation sites excluding steroid dienone is 2. The Morgan fingerprint density at radius 2 is 1.86 bits per heavy atom. The van der Waals surface area contributed by atoms with Crippen LogP contribution in [0.25, 0.3) is 0 Å². The molecule has 6 unspecified atom stereocenters. The molecule has 0 aliphatic heterocycles. The van der Waals surface area contributed by atoms with Gasteiger partial charge in [0.25, 0.3) is 0 Å². The predicted octanol–water partition coefficient (Wildman–Crippen LogP) is 5.15. The van der Waals surface area contributed by atoms with Crippen molar-refractivity contribution in [1.82, 2.24) is 0 Å². The summed E-state index contributed by atoms with van der Waals surface area (Å²) in [6.07, 6.45) is 16.0. The summed E-state index contributed by atoms with van der Waals surface area (Å²) in [6, 6.07) is 0. The number of fused-ring (bicyclic) bond motifs is 5. The monoisotopic (exact) mass is 286 g/mol. The molecule has 21 heavy (non-hydrogen) atoms. The summed E-state index contributed by atoms with van der Waals surface area (Å²) in [4.78, 5) is 12.0. The molecular formula is C20H30O. The summed E-state index contributed by atoms with van der Waals surface area (Å²) >= 11 is 0. The standard InChI is InChI=1S/C20H30O/c1-19-11-3-4-17(19)16-8-6-14-5-7-15(21)9-13-20(14,2)18(16)10-12-19/h3,11,14,16-18H,4-10,12-13H2,1-2H3. The van der Waals surface area contributed by atoms with Crippen molar-refractivity contribution in [3.8, 4) is 0 Å². The van der Waals surface area contributed by atoms with Crippen molar-refractivity contribution in [3.63, 3.8) is 0 Å². The molecule has 0 aromatic rings. The minimum absolute atomic E-state index is 0.457. The number of hydrogen-bond donors (Lipinski definition) is 0. The zero-order valence-corrected chi connectivity index (χ0v) is 13.7. The fourth-order valence-corrected chi connectivity index (χ4v) is 6.75. The van der Waals surface area contributed by atoms with Crippen LogP contribution >= 0.6 is 0 Å². The quantitative estimate of drug-likeness (QED) is 0.562. The van der Waals surface area contributed by atoms with E-state index < -0.39 is 0 Å². The molecule has 0 aromatic carbocycles. The Labute approximate surface area is 129 Å². The average Bonchev–Trinajstić information content (AvgIpc) is 2.79. The van der Waals surface area contributed by atoms with E-state index in [2.05, 4.69) is 26.0 Å². The SMILES string of the molecule is CC12C=CCC1C1CCC3CCC(=O)CCC3(C)C1CC2. The lowest BCUT2D eigenvalue weighted by molar-refractivity contribution is -0.119. The third kappa shape index (κ3) is 1.99. The molecule has 3 fully saturated rings. The van der Waals surface area contributed by atoms with Crippen LogP contribution in [0.15, 0.2) is 12.2 Å². The Balaban J connectivity index is 1.64. The van der Waals surface area contributed by atoms with E-state index in [0.29, 0.717) is 16.6 Å². The summed E-state index contributed by atoms with van der Waals surface area (Å²) in [5.41, 5.74) is 0.948. The maximum absolute atomic E-state index is 12.0. The highest BCUT2D eigenvalue weighted by molar-refractivity contribution is 5.78. The van der Waals surface area contributed by atoms with E-state index in [-0.39, 0.29) is 0 Å². The predicted molar refractivity (Wildman–Crippen MR) is 85.9 cm³/mol. The summed E-state index contributed by atoms with van der Waals surface area (Å²) < 4.78 is 0. The highest BCUT2D eigenvalue weighted by atomic mass is 16.1. The van der Waals surface area contributed by atoms with E-state index in [1.807, 2.05) is 0 Å². The molecular weight excluding hydrogens is 256 g/mol. The largest absolute Gasteiger partial charge is 0.300 e. The molecule has 0 radical (unpaired) electrons. The number of Topliss-reactive ketones (excluding diaryl/α,β-unsaturated/α-hetero) is 1. The van der Waals surface area contributed by atoms with Gasteiger partial charge in [-0.25, -0.2) is 0 Å². The van der Waals surface area contributed by atoms with Crippen LogP contribution < -0.4 is 0 Å². The van der Waals surface area contributed by atoms with Crippen LogP contribution in [-0.4, -0.2) is 5.78 Å². The van der Waals surface area contributed by atoms with Crippen molar-refractivity contribution >= 4 is 5.78 Å². The molecule has 3 saturated carbocycles. The minimum Gasteiger partial charge on any atom is -0.300 e. The van der Waals surface area contributed by atoms with Gasteiger partial charge < -0.3 is 0 Å². The van der Waals surface area contributed by atoms with Crippen LogP contribution in [-0.2, 0) is 4.79 Å². The molecule has 0 saturated heterocycles. The first-order valence-corrected chi connectivity index (χ1v) is 9.22. The van der Waals surface area contributed by atoms with Crippen molar-refractivity contribution in [2.45, 2.75) is 71.6 Å². The Hall–Kier alpha value is -0.590. The third-order valence-corrected chi connectivity index (χ3v) is 8.11. The van der Waals surface area contributed by atoms with E-state index >= 15 is 0 Å². The van der Waals surface area contributed by atoms with Crippen molar-refractivity contribution in [3.05, 3.63) is 12.2 Å². The van der Waals surface area contributed by atoms with Gasteiger partial charge in [-0.3, -0.25) is 4.79 Å². The summed E-state index contributed by atoms with van der Waals surface area (Å²) in [7, 11) is 0. The first kappa shape index (κ1) is 14.0. The van der Waals surface area contributed by atoms with Gasteiger partial charge >= 0.3 is 0 Å². The van der Waals surface area contributed by atoms with Gasteiger partial charge in [0.1, 0.15) is 5.78 Å². The summed E-state index contributed by atoms with van der Waals surface area (Å²) in [5, 5.41) is 0. The Morgan fingerprint density at radius 1 is 1.00 bits per heavy atom. The summed E-state index contributed by atoms with van der Waals surface area (Å²) in [6.45, 7) is 5.06. The molecule has 1 nitrogen and oxygen atoms in total. The first-order valence-electron chi connectivity index (χ1n) is 9.22. The normalized spacial score (nSPS) is 52.8. The van der Waals surface area contributed by atoms with E-state index in [9.17, 15) is 4.79 Å². The van der Waals surface area contributed by atoms with E-state index in [4.69, 9.17) is 0 Å². The lowest BCUT2D eigenvalue weighted by atomic mass is 9.47. The van der Waals surface area contributed by atoms with Crippen LogP contribution in [0.2, 0.25) is 0 Å². The van der Waals surface area contributed by atoms with Gasteiger partial charge in [-0.1, -0.05) is 26.0 Å². The van der Waals surface area contributed by atoms with Crippen LogP contribution in [0, 0.1) is 34.5 Å². The maximum atomic E-state index is 12.0. The van der Waals surface area contributed by atoms with Crippen molar-refractivity contribution in [2.24, 2.45) is 34.5 Å². The van der Waals surface area contributed by atoms with Gasteiger partial charge in [0, 0.05) is 12.8 Å². The van der Waals surface area contributed by atoms with Gasteiger partial charge in [0.2, 0.25) is 0 Å². The minimum atomic E-state index is 0.457. The second-order valence-corrected chi connectivity index (χ2v) is 8.92. The van der Waals surface area contributed by atoms with Gasteiger partial charge in [0.15, 0.2) is 0 Å². The van der Waals surface area contributed by atoms with E-state index in [1.165, 1.54) is 44.9 Å². The number of carbonyl (C=O) groups excluding carboxylic acids is 1. The summed E-state index contributed by atoms with van der Waals surface area (Å²) in [5.74, 6) is 4.07. The third-order valence-electron chi connectivity index (χ3n) is 8.11. The smallest absolute Gasteiger partial charge is 0.132 e. The van der Waals surface area contributed by atoms with Gasteiger partial charge in [0.05, 0.1) is 0 Å². The Kier molecular flexibility index (Phi) is 3.14. The molecule has 1 heteroatoms. The number of carbonyl (C=O) groups is 1. The second kappa shape index (κ2) is 4.70. The van der Waals surface area contributed by atoms with Gasteiger partial charge in [-0.05, 0) is 79.4 Å². The van der Waals surface area contributed by atoms with Crippen LogP contribution in [0.5, 0.6) is 0 Å². The number of ketones is 1. The molecule has 116 valence electrons. The van der Waals surface area contributed by atoms with Gasteiger partial charge in [-0.2, -0.15) is 0 Å². The van der Waals surface area contributed by atoms with Crippen LogP contribution in [0.4, 0.5) is 0 Å². The van der Waals surface area contributed by atoms with Crippen molar-refractivity contribution < 1.29 is 4.79 Å². The molecule has 0 spiro atoms. The maximum Gasteiger partial charge on any atom is 0.132 e. The molecule has 0 N–H and O–H groups in total. The van der Waals surface area contributed by atoms with Crippen LogP contribution in [0.1, 0.15) is 71.6 Å². The molecule has 0 aromatic heterocycles. The average molecular weight is 286 g/mol. The Bertz CT molecular complexity index is 478. The highest BCUT2D eigenvalue weighted by Crippen LogP contribution is 2.64. The van der Waals surface area contributed by atoms with Crippen molar-refractivity contribution in [1.29, 1.82) is 0 Å². The second-order valence-electron chi connectivity index (χ2n) is 8.92. The highest BCUT2D eigenvalue weighted by Gasteiger charge is 2.56. The fourth-order valence-electron chi connectivity index (χ4n) is 6.75. The Morgan fingerprint density at radius 3 is 2.71 bits per heavy atom. The van der Waals surface area contributed by atoms with E-state index in [0.717, 1.165) is 36.5 Å². The molecule has 4 aliphatic carbocycles. The molecule has 0 bridgehead atoms. The molecule has 6 atom stereocenters. The molecule has 0 amide bonds. The topological polar surface area (TPSA) is 17.1 Å². The van der Waals surface area contributed by atoms with E-state index in [1.54, 1.807) is 0 Å². The van der Waals surface area contributed by atoms with Crippen LogP contribution in [0.3, 0.4) is 0 Å². The zero-order chi connectivity index (χ0) is 14.7. The fraction of sp³-hybridized carbons (Fsp3) is 0.850. The number of rotatable bonds is 0. The lowest BCUT2D eigenvalue weighted by Gasteiger charge is -2.58.